The molecule has 4 nitrogen and oxygen atoms in total. The number of nitrogens with one attached hydrogen (secondary N) is 2. The van der Waals surface area contributed by atoms with Gasteiger partial charge in [-0.3, -0.25) is 20.4 Å². The molecule has 0 spiro atoms. The largest absolute Gasteiger partial charge is 0.279 e. The van der Waals surface area contributed by atoms with E-state index in [1.165, 1.54) is 11.3 Å². The first kappa shape index (κ1) is 12.7. The highest BCUT2D eigenvalue weighted by Crippen LogP contribution is 2.08. The number of carbonyl (C=O) groups is 2. The smallest absolute Gasteiger partial charge is 0.273 e. The van der Waals surface area contributed by atoms with Crippen LogP contribution in [0.3, 0.4) is 0 Å². The molecule has 0 bridgehead atoms. The molecule has 0 saturated heterocycles. The first-order chi connectivity index (χ1) is 7.69. The highest BCUT2D eigenvalue weighted by molar-refractivity contribution is 7.12. The van der Waals surface area contributed by atoms with E-state index in [1.807, 2.05) is 19.2 Å². The lowest BCUT2D eigenvalue weighted by Gasteiger charge is -2.12. The molecule has 0 fully saturated rings. The summed E-state index contributed by atoms with van der Waals surface area (Å²) in [6.45, 7) is 3.91. The van der Waals surface area contributed by atoms with Gasteiger partial charge in [0.15, 0.2) is 0 Å². The monoisotopic (exact) mass is 240 g/mol. The third-order valence-corrected chi connectivity index (χ3v) is 3.27. The van der Waals surface area contributed by atoms with Crippen LogP contribution in [-0.2, 0) is 4.79 Å². The molecule has 0 radical (unpaired) electrons. The van der Waals surface area contributed by atoms with Crippen LogP contribution < -0.4 is 10.9 Å². The fourth-order valence-corrected chi connectivity index (χ4v) is 1.97. The number of hydrogen-bond acceptors (Lipinski definition) is 3. The van der Waals surface area contributed by atoms with E-state index in [9.17, 15) is 9.59 Å². The topological polar surface area (TPSA) is 58.2 Å². The van der Waals surface area contributed by atoms with Crippen LogP contribution in [0.2, 0.25) is 0 Å². The maximum atomic E-state index is 11.6. The first-order valence-electron chi connectivity index (χ1n) is 5.32. The highest BCUT2D eigenvalue weighted by atomic mass is 32.1. The van der Waals surface area contributed by atoms with E-state index in [2.05, 4.69) is 10.9 Å². The lowest BCUT2D eigenvalue weighted by molar-refractivity contribution is -0.125. The van der Waals surface area contributed by atoms with E-state index in [-0.39, 0.29) is 17.7 Å². The van der Waals surface area contributed by atoms with Crippen molar-refractivity contribution in [3.63, 3.8) is 0 Å². The molecular formula is C11H16N2O2S. The summed E-state index contributed by atoms with van der Waals surface area (Å²) in [5, 5.41) is 1.82. The zero-order chi connectivity index (χ0) is 12.0. The second-order valence-corrected chi connectivity index (χ2v) is 4.38. The molecule has 0 unspecified atom stereocenters. The highest BCUT2D eigenvalue weighted by Gasteiger charge is 2.15. The Balaban J connectivity index is 2.40. The van der Waals surface area contributed by atoms with Crippen molar-refractivity contribution < 1.29 is 9.59 Å². The van der Waals surface area contributed by atoms with E-state index in [4.69, 9.17) is 0 Å². The Bertz CT molecular complexity index is 345. The Hall–Kier alpha value is -1.36. The summed E-state index contributed by atoms with van der Waals surface area (Å²) in [6.07, 6.45) is 1.55. The summed E-state index contributed by atoms with van der Waals surface area (Å²) in [5.41, 5.74) is 4.85. The predicted octanol–water partition coefficient (Wildman–Crippen LogP) is 1.95. The molecule has 1 rings (SSSR count). The van der Waals surface area contributed by atoms with Gasteiger partial charge in [-0.15, -0.1) is 11.3 Å². The molecule has 0 aliphatic carbocycles. The molecule has 0 aromatic carbocycles. The summed E-state index contributed by atoms with van der Waals surface area (Å²) >= 11 is 1.34. The second kappa shape index (κ2) is 6.27. The normalized spacial score (nSPS) is 10.2. The Labute approximate surface area is 99.0 Å². The van der Waals surface area contributed by atoms with Gasteiger partial charge in [0, 0.05) is 5.92 Å². The van der Waals surface area contributed by atoms with Gasteiger partial charge in [0.2, 0.25) is 5.91 Å². The molecule has 16 heavy (non-hydrogen) atoms. The summed E-state index contributed by atoms with van der Waals surface area (Å²) in [7, 11) is 0. The molecule has 1 aromatic rings. The fraction of sp³-hybridized carbons (Fsp3) is 0.455. The molecule has 0 aliphatic heterocycles. The van der Waals surface area contributed by atoms with Gasteiger partial charge in [-0.25, -0.2) is 0 Å². The van der Waals surface area contributed by atoms with Crippen molar-refractivity contribution in [2.24, 2.45) is 5.92 Å². The standard InChI is InChI=1S/C11H16N2O2S/c1-3-8(4-2)10(14)12-13-11(15)9-6-5-7-16-9/h5-8H,3-4H2,1-2H3,(H,12,14)(H,13,15). The van der Waals surface area contributed by atoms with Crippen molar-refractivity contribution >= 4 is 23.2 Å². The summed E-state index contributed by atoms with van der Waals surface area (Å²) in [6, 6.07) is 3.51. The van der Waals surface area contributed by atoms with Crippen LogP contribution in [0.15, 0.2) is 17.5 Å². The van der Waals surface area contributed by atoms with Gasteiger partial charge in [0.1, 0.15) is 0 Å². The number of carbonyl (C=O) groups excluding carboxylic acids is 2. The molecule has 2 N–H and O–H groups in total. The zero-order valence-corrected chi connectivity index (χ0v) is 10.3. The molecule has 88 valence electrons. The Kier molecular flexibility index (Phi) is 4.98. The quantitative estimate of drug-likeness (QED) is 0.790. The molecule has 1 heterocycles. The van der Waals surface area contributed by atoms with Crippen LogP contribution in [0.25, 0.3) is 0 Å². The third kappa shape index (κ3) is 3.34. The van der Waals surface area contributed by atoms with E-state index >= 15 is 0 Å². The van der Waals surface area contributed by atoms with Gasteiger partial charge >= 0.3 is 0 Å². The van der Waals surface area contributed by atoms with E-state index in [1.54, 1.807) is 12.1 Å². The van der Waals surface area contributed by atoms with Gasteiger partial charge in [0.25, 0.3) is 5.91 Å². The minimum absolute atomic E-state index is 0.0383. The minimum atomic E-state index is -0.269. The SMILES string of the molecule is CCC(CC)C(=O)NNC(=O)c1cccs1. The molecule has 1 aromatic heterocycles. The van der Waals surface area contributed by atoms with Crippen LogP contribution in [0.5, 0.6) is 0 Å². The summed E-state index contributed by atoms with van der Waals surface area (Å²) < 4.78 is 0. The predicted molar refractivity (Wildman–Crippen MR) is 64.0 cm³/mol. The molecule has 5 heteroatoms. The molecule has 0 saturated carbocycles. The average molecular weight is 240 g/mol. The van der Waals surface area contributed by atoms with Crippen molar-refractivity contribution in [1.82, 2.24) is 10.9 Å². The first-order valence-corrected chi connectivity index (χ1v) is 6.20. The number of hydrazine groups is 1. The second-order valence-electron chi connectivity index (χ2n) is 3.43. The lowest BCUT2D eigenvalue weighted by Crippen LogP contribution is -2.44. The zero-order valence-electron chi connectivity index (χ0n) is 9.45. The number of hydrogen-bond donors (Lipinski definition) is 2. The Morgan fingerprint density at radius 1 is 1.31 bits per heavy atom. The molecule has 0 aliphatic rings. The van der Waals surface area contributed by atoms with Gasteiger partial charge in [-0.1, -0.05) is 19.9 Å². The van der Waals surface area contributed by atoms with Crippen LogP contribution in [0, 0.1) is 5.92 Å². The van der Waals surface area contributed by atoms with Crippen molar-refractivity contribution in [3.8, 4) is 0 Å². The number of thiophene rings is 1. The van der Waals surface area contributed by atoms with Gasteiger partial charge in [-0.2, -0.15) is 0 Å². The van der Waals surface area contributed by atoms with Crippen molar-refractivity contribution in [1.29, 1.82) is 0 Å². The third-order valence-electron chi connectivity index (χ3n) is 2.40. The Morgan fingerprint density at radius 2 is 2.00 bits per heavy atom. The van der Waals surface area contributed by atoms with E-state index in [0.29, 0.717) is 4.88 Å². The van der Waals surface area contributed by atoms with Gasteiger partial charge in [-0.05, 0) is 24.3 Å². The van der Waals surface area contributed by atoms with Crippen molar-refractivity contribution in [2.45, 2.75) is 26.7 Å². The Morgan fingerprint density at radius 3 is 2.50 bits per heavy atom. The van der Waals surface area contributed by atoms with Crippen LogP contribution in [0.1, 0.15) is 36.4 Å². The number of amides is 2. The van der Waals surface area contributed by atoms with Gasteiger partial charge in [0.05, 0.1) is 4.88 Å². The van der Waals surface area contributed by atoms with Gasteiger partial charge < -0.3 is 0 Å². The van der Waals surface area contributed by atoms with Crippen LogP contribution in [0.4, 0.5) is 0 Å². The number of rotatable bonds is 4. The fourth-order valence-electron chi connectivity index (χ4n) is 1.35. The lowest BCUT2D eigenvalue weighted by atomic mass is 10.0. The molecule has 2 amide bonds. The summed E-state index contributed by atoms with van der Waals surface area (Å²) in [4.78, 5) is 23.6. The van der Waals surface area contributed by atoms with Crippen LogP contribution >= 0.6 is 11.3 Å². The molecular weight excluding hydrogens is 224 g/mol. The maximum Gasteiger partial charge on any atom is 0.279 e. The average Bonchev–Trinajstić information content (AvgIpc) is 2.81. The summed E-state index contributed by atoms with van der Waals surface area (Å²) in [5.74, 6) is -0.437. The van der Waals surface area contributed by atoms with Crippen LogP contribution in [-0.4, -0.2) is 11.8 Å². The van der Waals surface area contributed by atoms with Crippen molar-refractivity contribution in [3.05, 3.63) is 22.4 Å². The van der Waals surface area contributed by atoms with Crippen molar-refractivity contribution in [2.75, 3.05) is 0 Å². The molecule has 0 atom stereocenters. The van der Waals surface area contributed by atoms with E-state index in [0.717, 1.165) is 12.8 Å². The van der Waals surface area contributed by atoms with E-state index < -0.39 is 0 Å². The minimum Gasteiger partial charge on any atom is -0.273 e. The maximum absolute atomic E-state index is 11.6.